The van der Waals surface area contributed by atoms with Gasteiger partial charge in [-0.25, -0.2) is 4.39 Å². The first-order chi connectivity index (χ1) is 11.5. The monoisotopic (exact) mass is 327 g/mol. The molecule has 1 amide bonds. The Balaban J connectivity index is 1.74. The highest BCUT2D eigenvalue weighted by Gasteiger charge is 2.20. The number of carbonyl (C=O) groups is 1. The Morgan fingerprint density at radius 2 is 2.00 bits per heavy atom. The zero-order valence-corrected chi connectivity index (χ0v) is 14.1. The predicted octanol–water partition coefficient (Wildman–Crippen LogP) is 3.30. The molecule has 0 atom stereocenters. The lowest BCUT2D eigenvalue weighted by Crippen LogP contribution is -2.44. The second-order valence-corrected chi connectivity index (χ2v) is 6.33. The standard InChI is InChI=1S/C19H22FN3O/c1-13-11-15(3-4-18(13)20)19-12-17(5-8-21-19)23-9-6-16(7-10-23)22-14(2)24/h3-5,8,11-12,16H,6-7,9-10H2,1-2H3,(H,22,24). The van der Waals surface area contributed by atoms with Crippen molar-refractivity contribution in [3.05, 3.63) is 47.9 Å². The zero-order valence-electron chi connectivity index (χ0n) is 14.1. The number of anilines is 1. The van der Waals surface area contributed by atoms with Crippen LogP contribution in [0.25, 0.3) is 11.3 Å². The Hall–Kier alpha value is -2.43. The summed E-state index contributed by atoms with van der Waals surface area (Å²) in [5.74, 6) is -0.165. The van der Waals surface area contributed by atoms with E-state index in [1.807, 2.05) is 18.2 Å². The summed E-state index contributed by atoms with van der Waals surface area (Å²) in [5.41, 5.74) is 3.50. The molecule has 24 heavy (non-hydrogen) atoms. The molecule has 3 rings (SSSR count). The predicted molar refractivity (Wildman–Crippen MR) is 93.4 cm³/mol. The average molecular weight is 327 g/mol. The number of aromatic nitrogens is 1. The Morgan fingerprint density at radius 3 is 2.67 bits per heavy atom. The van der Waals surface area contributed by atoms with E-state index in [-0.39, 0.29) is 17.8 Å². The van der Waals surface area contributed by atoms with E-state index in [1.54, 1.807) is 26.1 Å². The van der Waals surface area contributed by atoms with Gasteiger partial charge in [0.1, 0.15) is 5.82 Å². The van der Waals surface area contributed by atoms with E-state index < -0.39 is 0 Å². The second-order valence-electron chi connectivity index (χ2n) is 6.33. The fraction of sp³-hybridized carbons (Fsp3) is 0.368. The van der Waals surface area contributed by atoms with Crippen molar-refractivity contribution in [1.29, 1.82) is 0 Å². The molecule has 0 unspecified atom stereocenters. The smallest absolute Gasteiger partial charge is 0.217 e. The molecule has 1 aromatic heterocycles. The third kappa shape index (κ3) is 3.72. The lowest BCUT2D eigenvalue weighted by atomic mass is 10.0. The van der Waals surface area contributed by atoms with Gasteiger partial charge in [-0.2, -0.15) is 0 Å². The molecule has 0 aliphatic carbocycles. The van der Waals surface area contributed by atoms with Gasteiger partial charge in [-0.3, -0.25) is 9.78 Å². The molecule has 1 aliphatic rings. The Labute approximate surface area is 141 Å². The van der Waals surface area contributed by atoms with Crippen molar-refractivity contribution in [2.75, 3.05) is 18.0 Å². The molecule has 0 saturated carbocycles. The minimum absolute atomic E-state index is 0.0336. The van der Waals surface area contributed by atoms with E-state index in [9.17, 15) is 9.18 Å². The van der Waals surface area contributed by atoms with Crippen molar-refractivity contribution in [2.24, 2.45) is 0 Å². The molecule has 5 heteroatoms. The SMILES string of the molecule is CC(=O)NC1CCN(c2ccnc(-c3ccc(F)c(C)c3)c2)CC1. The second kappa shape index (κ2) is 6.99. The van der Waals surface area contributed by atoms with Gasteiger partial charge in [-0.05, 0) is 55.7 Å². The summed E-state index contributed by atoms with van der Waals surface area (Å²) in [7, 11) is 0. The molecule has 2 aromatic rings. The van der Waals surface area contributed by atoms with Crippen molar-refractivity contribution in [2.45, 2.75) is 32.7 Å². The number of carbonyl (C=O) groups excluding carboxylic acids is 1. The van der Waals surface area contributed by atoms with Gasteiger partial charge >= 0.3 is 0 Å². The van der Waals surface area contributed by atoms with Crippen LogP contribution in [0.15, 0.2) is 36.5 Å². The molecule has 0 radical (unpaired) electrons. The fourth-order valence-electron chi connectivity index (χ4n) is 3.15. The summed E-state index contributed by atoms with van der Waals surface area (Å²) in [5, 5.41) is 2.99. The van der Waals surface area contributed by atoms with E-state index in [4.69, 9.17) is 0 Å². The van der Waals surface area contributed by atoms with Crippen molar-refractivity contribution in [1.82, 2.24) is 10.3 Å². The largest absolute Gasteiger partial charge is 0.371 e. The van der Waals surface area contributed by atoms with E-state index in [0.717, 1.165) is 42.9 Å². The maximum Gasteiger partial charge on any atom is 0.217 e. The minimum Gasteiger partial charge on any atom is -0.371 e. The van der Waals surface area contributed by atoms with Crippen LogP contribution >= 0.6 is 0 Å². The summed E-state index contributed by atoms with van der Waals surface area (Å²) in [6.45, 7) is 5.12. The fourth-order valence-corrected chi connectivity index (χ4v) is 3.15. The zero-order chi connectivity index (χ0) is 17.1. The van der Waals surface area contributed by atoms with Crippen molar-refractivity contribution in [3.8, 4) is 11.3 Å². The van der Waals surface area contributed by atoms with Crippen molar-refractivity contribution in [3.63, 3.8) is 0 Å². The van der Waals surface area contributed by atoms with E-state index in [1.165, 1.54) is 6.07 Å². The number of hydrogen-bond donors (Lipinski definition) is 1. The number of benzene rings is 1. The van der Waals surface area contributed by atoms with Crippen LogP contribution in [0.5, 0.6) is 0 Å². The van der Waals surface area contributed by atoms with Gasteiger partial charge in [-0.15, -0.1) is 0 Å². The number of amides is 1. The number of nitrogens with zero attached hydrogens (tertiary/aromatic N) is 2. The van der Waals surface area contributed by atoms with E-state index in [2.05, 4.69) is 15.2 Å². The van der Waals surface area contributed by atoms with Crippen LogP contribution in [0.3, 0.4) is 0 Å². The number of rotatable bonds is 3. The summed E-state index contributed by atoms with van der Waals surface area (Å²) < 4.78 is 13.5. The van der Waals surface area contributed by atoms with E-state index >= 15 is 0 Å². The van der Waals surface area contributed by atoms with Gasteiger partial charge in [0.25, 0.3) is 0 Å². The normalized spacial score (nSPS) is 15.4. The molecule has 0 bridgehead atoms. The molecule has 1 N–H and O–H groups in total. The molecule has 1 saturated heterocycles. The third-order valence-corrected chi connectivity index (χ3v) is 4.46. The first kappa shape index (κ1) is 16.4. The van der Waals surface area contributed by atoms with Gasteiger partial charge in [0.2, 0.25) is 5.91 Å². The molecular formula is C19H22FN3O. The summed E-state index contributed by atoms with van der Waals surface area (Å²) in [4.78, 5) is 17.9. The van der Waals surface area contributed by atoms with Crippen LogP contribution in [0.1, 0.15) is 25.3 Å². The highest BCUT2D eigenvalue weighted by Crippen LogP contribution is 2.26. The van der Waals surface area contributed by atoms with Gasteiger partial charge in [0.05, 0.1) is 5.69 Å². The molecule has 1 aliphatic heterocycles. The van der Waals surface area contributed by atoms with Crippen LogP contribution in [0.4, 0.5) is 10.1 Å². The highest BCUT2D eigenvalue weighted by molar-refractivity contribution is 5.73. The molecule has 4 nitrogen and oxygen atoms in total. The molecule has 2 heterocycles. The van der Waals surface area contributed by atoms with Gasteiger partial charge in [0.15, 0.2) is 0 Å². The van der Waals surface area contributed by atoms with Gasteiger partial charge in [0, 0.05) is 43.5 Å². The number of hydrogen-bond acceptors (Lipinski definition) is 3. The Kier molecular flexibility index (Phi) is 4.79. The number of pyridine rings is 1. The van der Waals surface area contributed by atoms with Crippen LogP contribution in [0.2, 0.25) is 0 Å². The lowest BCUT2D eigenvalue weighted by molar-refractivity contribution is -0.119. The lowest BCUT2D eigenvalue weighted by Gasteiger charge is -2.33. The highest BCUT2D eigenvalue weighted by atomic mass is 19.1. The van der Waals surface area contributed by atoms with Gasteiger partial charge in [-0.1, -0.05) is 0 Å². The van der Waals surface area contributed by atoms with E-state index in [0.29, 0.717) is 5.56 Å². The maximum absolute atomic E-state index is 13.5. The minimum atomic E-state index is -0.199. The first-order valence-corrected chi connectivity index (χ1v) is 8.27. The van der Waals surface area contributed by atoms with Crippen LogP contribution in [0, 0.1) is 12.7 Å². The van der Waals surface area contributed by atoms with Crippen molar-refractivity contribution < 1.29 is 9.18 Å². The van der Waals surface area contributed by atoms with Crippen LogP contribution < -0.4 is 10.2 Å². The van der Waals surface area contributed by atoms with Gasteiger partial charge < -0.3 is 10.2 Å². The third-order valence-electron chi connectivity index (χ3n) is 4.46. The first-order valence-electron chi connectivity index (χ1n) is 8.27. The molecule has 0 spiro atoms. The molecular weight excluding hydrogens is 305 g/mol. The van der Waals surface area contributed by atoms with Crippen LogP contribution in [-0.2, 0) is 4.79 Å². The quantitative estimate of drug-likeness (QED) is 0.941. The number of piperidine rings is 1. The molecule has 126 valence electrons. The maximum atomic E-state index is 13.5. The Morgan fingerprint density at radius 1 is 1.25 bits per heavy atom. The Bertz CT molecular complexity index is 739. The topological polar surface area (TPSA) is 45.2 Å². The summed E-state index contributed by atoms with van der Waals surface area (Å²) in [6, 6.07) is 9.38. The molecule has 1 aromatic carbocycles. The summed E-state index contributed by atoms with van der Waals surface area (Å²) in [6.07, 6.45) is 3.67. The van der Waals surface area contributed by atoms with Crippen LogP contribution in [-0.4, -0.2) is 30.0 Å². The molecule has 1 fully saturated rings. The number of aryl methyl sites for hydroxylation is 1. The van der Waals surface area contributed by atoms with Crippen molar-refractivity contribution >= 4 is 11.6 Å². The number of nitrogens with one attached hydrogen (secondary N) is 1. The summed E-state index contributed by atoms with van der Waals surface area (Å²) >= 11 is 0. The number of halogens is 1. The average Bonchev–Trinajstić information content (AvgIpc) is 2.58.